The smallest absolute Gasteiger partial charge is 0.341 e. The summed E-state index contributed by atoms with van der Waals surface area (Å²) in [7, 11) is -4.91. The number of hydrogen-bond donors (Lipinski definition) is 2. The molecule has 15 heavy (non-hydrogen) atoms. The van der Waals surface area contributed by atoms with Crippen molar-refractivity contribution in [3.05, 3.63) is 29.3 Å². The zero-order chi connectivity index (χ0) is 11.8. The van der Waals surface area contributed by atoms with Crippen LogP contribution in [-0.4, -0.2) is 24.0 Å². The molecular formula is C7H4F2O5S. The maximum absolute atomic E-state index is 13.1. The fourth-order valence-electron chi connectivity index (χ4n) is 0.929. The molecule has 1 aromatic rings. The van der Waals surface area contributed by atoms with Gasteiger partial charge >= 0.3 is 5.97 Å². The summed E-state index contributed by atoms with van der Waals surface area (Å²) in [4.78, 5) is 9.09. The molecule has 1 rings (SSSR count). The molecule has 0 fully saturated rings. The van der Waals surface area contributed by atoms with Crippen LogP contribution in [-0.2, 0) is 10.1 Å². The molecule has 0 spiro atoms. The summed E-state index contributed by atoms with van der Waals surface area (Å²) in [6, 6.07) is 0.877. The van der Waals surface area contributed by atoms with Crippen molar-refractivity contribution in [1.82, 2.24) is 0 Å². The highest BCUT2D eigenvalue weighted by Gasteiger charge is 2.25. The number of benzene rings is 1. The molecular weight excluding hydrogens is 234 g/mol. The molecule has 0 aliphatic rings. The van der Waals surface area contributed by atoms with Gasteiger partial charge in [-0.15, -0.1) is 0 Å². The molecule has 5 nitrogen and oxygen atoms in total. The van der Waals surface area contributed by atoms with Gasteiger partial charge in [-0.2, -0.15) is 8.42 Å². The summed E-state index contributed by atoms with van der Waals surface area (Å²) in [5.41, 5.74) is -1.43. The van der Waals surface area contributed by atoms with Gasteiger partial charge in [-0.1, -0.05) is 0 Å². The van der Waals surface area contributed by atoms with Crippen molar-refractivity contribution in [3.63, 3.8) is 0 Å². The van der Waals surface area contributed by atoms with E-state index >= 15 is 0 Å². The van der Waals surface area contributed by atoms with Gasteiger partial charge in [0, 0.05) is 0 Å². The van der Waals surface area contributed by atoms with Gasteiger partial charge < -0.3 is 5.11 Å². The lowest BCUT2D eigenvalue weighted by Crippen LogP contribution is -2.10. The maximum atomic E-state index is 13.1. The van der Waals surface area contributed by atoms with Crippen molar-refractivity contribution < 1.29 is 31.7 Å². The summed E-state index contributed by atoms with van der Waals surface area (Å²) in [6.07, 6.45) is 0. The molecule has 0 heterocycles. The molecule has 0 radical (unpaired) electrons. The Hall–Kier alpha value is -1.54. The predicted octanol–water partition coefficient (Wildman–Crippen LogP) is 0.910. The first kappa shape index (κ1) is 11.5. The lowest BCUT2D eigenvalue weighted by Gasteiger charge is -2.03. The Balaban J connectivity index is 3.64. The summed E-state index contributed by atoms with van der Waals surface area (Å²) in [5, 5.41) is 8.38. The Kier molecular flexibility index (Phi) is 2.73. The minimum absolute atomic E-state index is 0.437. The second kappa shape index (κ2) is 3.55. The molecule has 0 aromatic heterocycles. The molecule has 1 aromatic carbocycles. The highest BCUT2D eigenvalue weighted by atomic mass is 32.2. The highest BCUT2D eigenvalue weighted by molar-refractivity contribution is 7.85. The van der Waals surface area contributed by atoms with Crippen LogP contribution in [0.4, 0.5) is 8.78 Å². The number of carbonyl (C=O) groups is 1. The van der Waals surface area contributed by atoms with Crippen LogP contribution >= 0.6 is 0 Å². The van der Waals surface area contributed by atoms with Crippen LogP contribution in [0.5, 0.6) is 0 Å². The molecule has 0 saturated carbocycles. The fraction of sp³-hybridized carbons (Fsp3) is 0. The Morgan fingerprint density at radius 3 is 2.20 bits per heavy atom. The second-order valence-electron chi connectivity index (χ2n) is 2.51. The second-order valence-corrected chi connectivity index (χ2v) is 3.90. The number of rotatable bonds is 2. The Morgan fingerprint density at radius 2 is 1.80 bits per heavy atom. The van der Waals surface area contributed by atoms with Gasteiger partial charge in [0.2, 0.25) is 0 Å². The topological polar surface area (TPSA) is 91.7 Å². The third-order valence-corrected chi connectivity index (χ3v) is 2.42. The molecule has 0 bridgehead atoms. The van der Waals surface area contributed by atoms with E-state index in [9.17, 15) is 22.0 Å². The van der Waals surface area contributed by atoms with Crippen molar-refractivity contribution in [1.29, 1.82) is 0 Å². The number of carboxylic acids is 1. The van der Waals surface area contributed by atoms with E-state index in [1.165, 1.54) is 0 Å². The van der Waals surface area contributed by atoms with Crippen LogP contribution < -0.4 is 0 Å². The quantitative estimate of drug-likeness (QED) is 0.747. The maximum Gasteiger partial charge on any atom is 0.341 e. The molecule has 0 saturated heterocycles. The van der Waals surface area contributed by atoms with Crippen LogP contribution in [0.2, 0.25) is 0 Å². The molecule has 0 amide bonds. The highest BCUT2D eigenvalue weighted by Crippen LogP contribution is 2.20. The number of halogens is 2. The SMILES string of the molecule is O=C(O)c1c(F)ccc(S(=O)(=O)O)c1F. The fourth-order valence-corrected chi connectivity index (χ4v) is 1.50. The number of aromatic carboxylic acids is 1. The van der Waals surface area contributed by atoms with Crippen LogP contribution in [0.15, 0.2) is 17.0 Å². The molecule has 82 valence electrons. The first-order valence-corrected chi connectivity index (χ1v) is 4.88. The van der Waals surface area contributed by atoms with Crippen LogP contribution in [0.25, 0.3) is 0 Å². The largest absolute Gasteiger partial charge is 0.477 e. The Bertz CT molecular complexity index is 522. The van der Waals surface area contributed by atoms with Crippen LogP contribution in [0.3, 0.4) is 0 Å². The molecule has 0 atom stereocenters. The summed E-state index contributed by atoms with van der Waals surface area (Å²) in [5.74, 6) is -5.21. The van der Waals surface area contributed by atoms with Gasteiger partial charge in [0.25, 0.3) is 10.1 Å². The van der Waals surface area contributed by atoms with Gasteiger partial charge in [-0.3, -0.25) is 4.55 Å². The minimum atomic E-state index is -4.91. The number of hydrogen-bond acceptors (Lipinski definition) is 3. The zero-order valence-electron chi connectivity index (χ0n) is 6.94. The van der Waals surface area contributed by atoms with E-state index in [1.807, 2.05) is 0 Å². The Morgan fingerprint density at radius 1 is 1.27 bits per heavy atom. The molecule has 0 aliphatic heterocycles. The van der Waals surface area contributed by atoms with Crippen molar-refractivity contribution in [2.75, 3.05) is 0 Å². The van der Waals surface area contributed by atoms with Crippen LogP contribution in [0.1, 0.15) is 10.4 Å². The van der Waals surface area contributed by atoms with E-state index in [1.54, 1.807) is 0 Å². The standard InChI is InChI=1S/C7H4F2O5S/c8-3-1-2-4(15(12,13)14)6(9)5(3)7(10)11/h1-2H,(H,10,11)(H,12,13,14). The monoisotopic (exact) mass is 238 g/mol. The first-order chi connectivity index (χ1) is 6.75. The summed E-state index contributed by atoms with van der Waals surface area (Å²) < 4.78 is 55.5. The van der Waals surface area contributed by atoms with Gasteiger partial charge in [-0.25, -0.2) is 13.6 Å². The summed E-state index contributed by atoms with van der Waals surface area (Å²) in [6.45, 7) is 0. The van der Waals surface area contributed by atoms with Crippen LogP contribution in [0, 0.1) is 11.6 Å². The predicted molar refractivity (Wildman–Crippen MR) is 43.1 cm³/mol. The van der Waals surface area contributed by atoms with Crippen molar-refractivity contribution in [2.45, 2.75) is 4.90 Å². The minimum Gasteiger partial charge on any atom is -0.477 e. The van der Waals surface area contributed by atoms with E-state index in [0.717, 1.165) is 0 Å². The lowest BCUT2D eigenvalue weighted by molar-refractivity contribution is 0.0685. The zero-order valence-corrected chi connectivity index (χ0v) is 7.75. The normalized spacial score (nSPS) is 11.4. The van der Waals surface area contributed by atoms with Gasteiger partial charge in [0.05, 0.1) is 0 Å². The molecule has 8 heteroatoms. The van der Waals surface area contributed by atoms with Crippen molar-refractivity contribution in [3.8, 4) is 0 Å². The molecule has 0 aliphatic carbocycles. The average Bonchev–Trinajstić information content (AvgIpc) is 2.00. The van der Waals surface area contributed by atoms with Gasteiger partial charge in [0.15, 0.2) is 5.82 Å². The van der Waals surface area contributed by atoms with Gasteiger partial charge in [-0.05, 0) is 12.1 Å². The Labute approximate surface area is 82.7 Å². The molecule has 2 N–H and O–H groups in total. The third-order valence-electron chi connectivity index (χ3n) is 1.55. The van der Waals surface area contributed by atoms with E-state index in [0.29, 0.717) is 12.1 Å². The lowest BCUT2D eigenvalue weighted by atomic mass is 10.2. The average molecular weight is 238 g/mol. The van der Waals surface area contributed by atoms with E-state index < -0.39 is 38.2 Å². The van der Waals surface area contributed by atoms with E-state index in [2.05, 4.69) is 0 Å². The number of carboxylic acid groups (broad SMARTS) is 1. The van der Waals surface area contributed by atoms with E-state index in [4.69, 9.17) is 9.66 Å². The third kappa shape index (κ3) is 2.10. The van der Waals surface area contributed by atoms with Gasteiger partial charge in [0.1, 0.15) is 16.3 Å². The summed E-state index contributed by atoms with van der Waals surface area (Å²) >= 11 is 0. The van der Waals surface area contributed by atoms with Crippen molar-refractivity contribution >= 4 is 16.1 Å². The first-order valence-electron chi connectivity index (χ1n) is 3.44. The van der Waals surface area contributed by atoms with E-state index in [-0.39, 0.29) is 0 Å². The van der Waals surface area contributed by atoms with Crippen molar-refractivity contribution in [2.24, 2.45) is 0 Å². The molecule has 0 unspecified atom stereocenters.